The summed E-state index contributed by atoms with van der Waals surface area (Å²) in [5.41, 5.74) is -0.893. The van der Waals surface area contributed by atoms with Gasteiger partial charge in [-0.15, -0.1) is 0 Å². The van der Waals surface area contributed by atoms with Crippen LogP contribution in [0.5, 0.6) is 0 Å². The maximum absolute atomic E-state index is 11.6. The smallest absolute Gasteiger partial charge is 0.306 e. The van der Waals surface area contributed by atoms with Crippen LogP contribution in [0.25, 0.3) is 0 Å². The van der Waals surface area contributed by atoms with Gasteiger partial charge in [-0.2, -0.15) is 0 Å². The molecule has 0 bridgehead atoms. The first kappa shape index (κ1) is 16.9. The zero-order valence-corrected chi connectivity index (χ0v) is 12.3. The Bertz CT molecular complexity index is 339. The van der Waals surface area contributed by atoms with Crippen molar-refractivity contribution in [2.75, 3.05) is 27.1 Å². The minimum Gasteiger partial charge on any atom is -0.448 e. The highest BCUT2D eigenvalue weighted by atomic mass is 16.7. The number of allylic oxidation sites excluding steroid dienone is 1. The average molecular weight is 284 g/mol. The molecule has 1 rings (SSSR count). The molecule has 1 aliphatic rings. The molecular weight excluding hydrogens is 260 g/mol. The maximum atomic E-state index is 11.6. The van der Waals surface area contributed by atoms with E-state index in [4.69, 9.17) is 18.9 Å². The number of methoxy groups -OCH3 is 1. The second kappa shape index (κ2) is 8.89. The summed E-state index contributed by atoms with van der Waals surface area (Å²) in [6.07, 6.45) is 7.13. The number of hydrogen-bond donors (Lipinski definition) is 0. The Balaban J connectivity index is 2.58. The third-order valence-corrected chi connectivity index (χ3v) is 3.16. The average Bonchev–Trinajstić information content (AvgIpc) is 2.48. The van der Waals surface area contributed by atoms with Crippen LogP contribution in [-0.2, 0) is 23.7 Å². The van der Waals surface area contributed by atoms with Crippen LogP contribution in [-0.4, -0.2) is 44.8 Å². The number of ether oxygens (including phenoxy) is 4. The highest BCUT2D eigenvalue weighted by Gasteiger charge is 2.39. The Kier molecular flexibility index (Phi) is 7.51. The predicted molar refractivity (Wildman–Crippen MR) is 75.3 cm³/mol. The van der Waals surface area contributed by atoms with Crippen LogP contribution in [0.2, 0.25) is 0 Å². The van der Waals surface area contributed by atoms with E-state index in [9.17, 15) is 4.79 Å². The molecule has 0 unspecified atom stereocenters. The van der Waals surface area contributed by atoms with Gasteiger partial charge in [0.25, 0.3) is 0 Å². The molecule has 5 heteroatoms. The molecule has 2 atom stereocenters. The first-order chi connectivity index (χ1) is 9.68. The Morgan fingerprint density at radius 2 is 2.30 bits per heavy atom. The Hall–Kier alpha value is -1.17. The molecule has 0 aliphatic heterocycles. The molecule has 0 saturated heterocycles. The summed E-state index contributed by atoms with van der Waals surface area (Å²) in [4.78, 5) is 11.6. The summed E-state index contributed by atoms with van der Waals surface area (Å²) in [7, 11) is 1.61. The van der Waals surface area contributed by atoms with Crippen molar-refractivity contribution in [3.63, 3.8) is 0 Å². The number of carbonyl (C=O) groups excluding carboxylic acids is 1. The molecule has 0 aromatic heterocycles. The largest absolute Gasteiger partial charge is 0.448 e. The zero-order valence-electron chi connectivity index (χ0n) is 12.3. The van der Waals surface area contributed by atoms with E-state index >= 15 is 0 Å². The molecule has 0 heterocycles. The third-order valence-electron chi connectivity index (χ3n) is 3.16. The topological polar surface area (TPSA) is 54.0 Å². The van der Waals surface area contributed by atoms with E-state index in [0.29, 0.717) is 19.6 Å². The van der Waals surface area contributed by atoms with E-state index < -0.39 is 5.60 Å². The van der Waals surface area contributed by atoms with Crippen molar-refractivity contribution < 1.29 is 23.7 Å². The molecule has 0 saturated carbocycles. The lowest BCUT2D eigenvalue weighted by molar-refractivity contribution is -0.177. The Labute approximate surface area is 120 Å². The van der Waals surface area contributed by atoms with E-state index in [0.717, 1.165) is 12.8 Å². The summed E-state index contributed by atoms with van der Waals surface area (Å²) in [5.74, 6) is -0.273. The number of rotatable bonds is 9. The lowest BCUT2D eigenvalue weighted by atomic mass is 9.87. The van der Waals surface area contributed by atoms with E-state index in [2.05, 4.69) is 6.58 Å². The van der Waals surface area contributed by atoms with Crippen molar-refractivity contribution in [3.05, 3.63) is 24.8 Å². The predicted octanol–water partition coefficient (Wildman–Crippen LogP) is 2.22. The molecule has 0 N–H and O–H groups in total. The minimum absolute atomic E-state index is 0.140. The minimum atomic E-state index is -0.893. The molecule has 1 aliphatic carbocycles. The van der Waals surface area contributed by atoms with Gasteiger partial charge < -0.3 is 18.9 Å². The molecular formula is C15H24O5. The number of esters is 1. The van der Waals surface area contributed by atoms with E-state index in [-0.39, 0.29) is 18.9 Å². The van der Waals surface area contributed by atoms with Gasteiger partial charge in [-0.3, -0.25) is 4.79 Å². The summed E-state index contributed by atoms with van der Waals surface area (Å²) in [6.45, 7) is 6.67. The van der Waals surface area contributed by atoms with Crippen molar-refractivity contribution in [1.29, 1.82) is 0 Å². The first-order valence-corrected chi connectivity index (χ1v) is 6.90. The van der Waals surface area contributed by atoms with Gasteiger partial charge in [0.2, 0.25) is 0 Å². The molecule has 0 amide bonds. The van der Waals surface area contributed by atoms with Crippen molar-refractivity contribution in [2.45, 2.75) is 37.9 Å². The van der Waals surface area contributed by atoms with Gasteiger partial charge in [-0.1, -0.05) is 19.6 Å². The van der Waals surface area contributed by atoms with Crippen LogP contribution in [0.1, 0.15) is 26.2 Å². The highest BCUT2D eigenvalue weighted by Crippen LogP contribution is 2.30. The Morgan fingerprint density at radius 3 is 2.95 bits per heavy atom. The van der Waals surface area contributed by atoms with Crippen LogP contribution >= 0.6 is 0 Å². The van der Waals surface area contributed by atoms with Gasteiger partial charge in [0.15, 0.2) is 5.60 Å². The van der Waals surface area contributed by atoms with E-state index in [1.165, 1.54) is 0 Å². The first-order valence-electron chi connectivity index (χ1n) is 6.90. The molecule has 0 spiro atoms. The monoisotopic (exact) mass is 284 g/mol. The Morgan fingerprint density at radius 1 is 1.50 bits per heavy atom. The SMILES string of the molecule is C=C[C@]1(OC(=O)CC)C=CCC[C@H]1OCOCCOC. The van der Waals surface area contributed by atoms with Crippen molar-refractivity contribution in [3.8, 4) is 0 Å². The van der Waals surface area contributed by atoms with Crippen LogP contribution in [0, 0.1) is 0 Å². The van der Waals surface area contributed by atoms with Crippen LogP contribution in [0.4, 0.5) is 0 Å². The second-order valence-electron chi connectivity index (χ2n) is 4.54. The summed E-state index contributed by atoms with van der Waals surface area (Å²) < 4.78 is 21.4. The molecule has 0 radical (unpaired) electrons. The number of carbonyl (C=O) groups is 1. The fourth-order valence-corrected chi connectivity index (χ4v) is 2.00. The van der Waals surface area contributed by atoms with Gasteiger partial charge in [0.05, 0.1) is 13.2 Å². The quantitative estimate of drug-likeness (QED) is 0.281. The normalized spacial score (nSPS) is 25.4. The molecule has 20 heavy (non-hydrogen) atoms. The fraction of sp³-hybridized carbons (Fsp3) is 0.667. The summed E-state index contributed by atoms with van der Waals surface area (Å²) >= 11 is 0. The highest BCUT2D eigenvalue weighted by molar-refractivity contribution is 5.70. The van der Waals surface area contributed by atoms with Gasteiger partial charge in [0, 0.05) is 13.5 Å². The van der Waals surface area contributed by atoms with Gasteiger partial charge in [-0.25, -0.2) is 0 Å². The summed E-state index contributed by atoms with van der Waals surface area (Å²) in [5, 5.41) is 0. The lowest BCUT2D eigenvalue weighted by Crippen LogP contribution is -2.46. The molecule has 0 aromatic carbocycles. The lowest BCUT2D eigenvalue weighted by Gasteiger charge is -2.37. The maximum Gasteiger partial charge on any atom is 0.306 e. The fourth-order valence-electron chi connectivity index (χ4n) is 2.00. The van der Waals surface area contributed by atoms with E-state index in [1.807, 2.05) is 12.2 Å². The van der Waals surface area contributed by atoms with Gasteiger partial charge >= 0.3 is 5.97 Å². The summed E-state index contributed by atoms with van der Waals surface area (Å²) in [6, 6.07) is 0. The third kappa shape index (κ3) is 4.74. The van der Waals surface area contributed by atoms with Crippen LogP contribution < -0.4 is 0 Å². The van der Waals surface area contributed by atoms with E-state index in [1.54, 1.807) is 20.1 Å². The second-order valence-corrected chi connectivity index (χ2v) is 4.54. The molecule has 114 valence electrons. The van der Waals surface area contributed by atoms with Crippen molar-refractivity contribution >= 4 is 5.97 Å². The standard InChI is InChI=1S/C15H24O5/c1-4-14(16)20-15(5-2)9-7-6-8-13(15)19-12-18-11-10-17-3/h5,7,9,13H,2,4,6,8,10-12H2,1,3H3/t13-,15+/m1/s1. The number of hydrogen-bond acceptors (Lipinski definition) is 5. The van der Waals surface area contributed by atoms with Gasteiger partial charge in [-0.05, 0) is 25.0 Å². The van der Waals surface area contributed by atoms with Crippen LogP contribution in [0.3, 0.4) is 0 Å². The van der Waals surface area contributed by atoms with Crippen molar-refractivity contribution in [2.24, 2.45) is 0 Å². The zero-order chi connectivity index (χ0) is 14.8. The molecule has 0 fully saturated rings. The van der Waals surface area contributed by atoms with Crippen molar-refractivity contribution in [1.82, 2.24) is 0 Å². The van der Waals surface area contributed by atoms with Crippen LogP contribution in [0.15, 0.2) is 24.8 Å². The van der Waals surface area contributed by atoms with Gasteiger partial charge in [0.1, 0.15) is 12.9 Å². The molecule has 5 nitrogen and oxygen atoms in total. The molecule has 0 aromatic rings.